The maximum absolute atomic E-state index is 2.44. The molecule has 33 heavy (non-hydrogen) atoms. The molecule has 0 aliphatic carbocycles. The highest BCUT2D eigenvalue weighted by Gasteiger charge is 2.19. The molecule has 7 rings (SSSR count). The molecule has 0 aliphatic rings. The van der Waals surface area contributed by atoms with E-state index in [0.717, 1.165) is 0 Å². The van der Waals surface area contributed by atoms with Crippen molar-refractivity contribution in [3.8, 4) is 11.4 Å². The largest absolute Gasteiger partial charge is 0.309 e. The van der Waals surface area contributed by atoms with Gasteiger partial charge in [-0.05, 0) is 55.5 Å². The summed E-state index contributed by atoms with van der Waals surface area (Å²) < 4.78 is 4.82. The van der Waals surface area contributed by atoms with Gasteiger partial charge in [0, 0.05) is 27.2 Å². The molecule has 0 radical (unpaired) electrons. The van der Waals surface area contributed by atoms with Gasteiger partial charge in [-0.3, -0.25) is 0 Å². The molecule has 7 aromatic rings. The molecule has 0 saturated carbocycles. The standard InChI is InChI=1S/C31H22N2/c1-21-18-19-28-25(20-21)23-12-5-7-14-26(23)33(28)30-17-9-16-29-31(30)24-13-6-8-15-27(24)32(29)22-10-3-2-4-11-22/h2-20H,1H3. The summed E-state index contributed by atoms with van der Waals surface area (Å²) >= 11 is 0. The zero-order chi connectivity index (χ0) is 21.9. The first kappa shape index (κ1) is 18.3. The first-order chi connectivity index (χ1) is 16.3. The molecule has 0 aliphatic heterocycles. The van der Waals surface area contributed by atoms with E-state index in [1.165, 1.54) is 60.5 Å². The minimum atomic E-state index is 1.18. The van der Waals surface area contributed by atoms with Crippen LogP contribution in [0.1, 0.15) is 5.56 Å². The molecule has 0 fully saturated rings. The second kappa shape index (κ2) is 6.85. The van der Waals surface area contributed by atoms with E-state index in [9.17, 15) is 0 Å². The monoisotopic (exact) mass is 422 g/mol. The van der Waals surface area contributed by atoms with Crippen LogP contribution in [0.5, 0.6) is 0 Å². The topological polar surface area (TPSA) is 9.86 Å². The number of benzene rings is 5. The Morgan fingerprint density at radius 1 is 0.455 bits per heavy atom. The van der Waals surface area contributed by atoms with E-state index in [1.807, 2.05) is 0 Å². The average molecular weight is 423 g/mol. The minimum Gasteiger partial charge on any atom is -0.309 e. The van der Waals surface area contributed by atoms with Crippen molar-refractivity contribution in [3.05, 3.63) is 121 Å². The quantitative estimate of drug-likeness (QED) is 0.266. The molecule has 2 heteroatoms. The molecule has 2 heterocycles. The Morgan fingerprint density at radius 3 is 1.91 bits per heavy atom. The summed E-state index contributed by atoms with van der Waals surface area (Å²) in [6, 6.07) is 41.6. The van der Waals surface area contributed by atoms with Gasteiger partial charge in [-0.1, -0.05) is 72.3 Å². The number of para-hydroxylation sites is 3. The van der Waals surface area contributed by atoms with Crippen LogP contribution < -0.4 is 0 Å². The Hall–Kier alpha value is -4.30. The Labute approximate surface area is 191 Å². The minimum absolute atomic E-state index is 1.18. The highest BCUT2D eigenvalue weighted by molar-refractivity contribution is 6.16. The molecule has 2 nitrogen and oxygen atoms in total. The van der Waals surface area contributed by atoms with Crippen LogP contribution in [0.25, 0.3) is 55.0 Å². The zero-order valence-corrected chi connectivity index (χ0v) is 18.4. The van der Waals surface area contributed by atoms with Crippen molar-refractivity contribution in [2.75, 3.05) is 0 Å². The number of hydrogen-bond acceptors (Lipinski definition) is 0. The molecule has 0 bridgehead atoms. The summed E-state index contributed by atoms with van der Waals surface area (Å²) in [5.41, 5.74) is 8.60. The average Bonchev–Trinajstić information content (AvgIpc) is 3.37. The Bertz CT molecular complexity index is 1820. The maximum Gasteiger partial charge on any atom is 0.0562 e. The Balaban J connectivity index is 1.69. The summed E-state index contributed by atoms with van der Waals surface area (Å²) in [5, 5.41) is 5.14. The predicted molar refractivity (Wildman–Crippen MR) is 140 cm³/mol. The third-order valence-corrected chi connectivity index (χ3v) is 6.76. The highest BCUT2D eigenvalue weighted by atomic mass is 15.0. The first-order valence-corrected chi connectivity index (χ1v) is 11.4. The summed E-state index contributed by atoms with van der Waals surface area (Å²) in [6.07, 6.45) is 0. The summed E-state index contributed by atoms with van der Waals surface area (Å²) in [5.74, 6) is 0. The number of aryl methyl sites for hydroxylation is 1. The number of hydrogen-bond donors (Lipinski definition) is 0. The van der Waals surface area contributed by atoms with Crippen LogP contribution in [0.15, 0.2) is 115 Å². The number of rotatable bonds is 2. The second-order valence-electron chi connectivity index (χ2n) is 8.73. The predicted octanol–water partition coefficient (Wildman–Crippen LogP) is 8.19. The highest BCUT2D eigenvalue weighted by Crippen LogP contribution is 2.39. The van der Waals surface area contributed by atoms with E-state index in [1.54, 1.807) is 0 Å². The summed E-state index contributed by atoms with van der Waals surface area (Å²) in [7, 11) is 0. The van der Waals surface area contributed by atoms with E-state index >= 15 is 0 Å². The zero-order valence-electron chi connectivity index (χ0n) is 18.4. The Kier molecular flexibility index (Phi) is 3.80. The summed E-state index contributed by atoms with van der Waals surface area (Å²) in [6.45, 7) is 2.17. The van der Waals surface area contributed by atoms with Gasteiger partial charge >= 0.3 is 0 Å². The number of fused-ring (bicyclic) bond motifs is 6. The SMILES string of the molecule is Cc1ccc2c(c1)c1ccccc1n2-c1cccc2c1c1ccccc1n2-c1ccccc1. The third-order valence-electron chi connectivity index (χ3n) is 6.76. The van der Waals surface area contributed by atoms with E-state index < -0.39 is 0 Å². The molecule has 0 atom stereocenters. The fraction of sp³-hybridized carbons (Fsp3) is 0.0323. The van der Waals surface area contributed by atoms with Gasteiger partial charge in [-0.25, -0.2) is 0 Å². The van der Waals surface area contributed by atoms with Gasteiger partial charge in [0.15, 0.2) is 0 Å². The van der Waals surface area contributed by atoms with Crippen LogP contribution in [0.2, 0.25) is 0 Å². The van der Waals surface area contributed by atoms with Crippen LogP contribution in [0.3, 0.4) is 0 Å². The lowest BCUT2D eigenvalue weighted by atomic mass is 10.1. The molecule has 5 aromatic carbocycles. The van der Waals surface area contributed by atoms with E-state index in [-0.39, 0.29) is 0 Å². The van der Waals surface area contributed by atoms with Crippen LogP contribution in [-0.2, 0) is 0 Å². The van der Waals surface area contributed by atoms with Gasteiger partial charge in [0.25, 0.3) is 0 Å². The van der Waals surface area contributed by atoms with Crippen LogP contribution >= 0.6 is 0 Å². The van der Waals surface area contributed by atoms with Crippen molar-refractivity contribution in [1.29, 1.82) is 0 Å². The molecule has 0 amide bonds. The van der Waals surface area contributed by atoms with Crippen molar-refractivity contribution in [2.45, 2.75) is 6.92 Å². The second-order valence-corrected chi connectivity index (χ2v) is 8.73. The van der Waals surface area contributed by atoms with Gasteiger partial charge in [0.05, 0.1) is 27.8 Å². The van der Waals surface area contributed by atoms with Gasteiger partial charge in [0.2, 0.25) is 0 Å². The molecular formula is C31H22N2. The van der Waals surface area contributed by atoms with E-state index in [2.05, 4.69) is 131 Å². The van der Waals surface area contributed by atoms with Crippen molar-refractivity contribution < 1.29 is 0 Å². The van der Waals surface area contributed by atoms with Gasteiger partial charge < -0.3 is 9.13 Å². The van der Waals surface area contributed by atoms with E-state index in [0.29, 0.717) is 0 Å². The maximum atomic E-state index is 2.44. The molecule has 0 spiro atoms. The smallest absolute Gasteiger partial charge is 0.0562 e. The van der Waals surface area contributed by atoms with Crippen LogP contribution in [0, 0.1) is 6.92 Å². The molecule has 0 N–H and O–H groups in total. The number of aromatic nitrogens is 2. The lowest BCUT2D eigenvalue weighted by molar-refractivity contribution is 1.17. The van der Waals surface area contributed by atoms with Crippen LogP contribution in [-0.4, -0.2) is 9.13 Å². The fourth-order valence-electron chi connectivity index (χ4n) is 5.39. The molecule has 156 valence electrons. The molecule has 0 unspecified atom stereocenters. The lowest BCUT2D eigenvalue weighted by Gasteiger charge is -2.11. The van der Waals surface area contributed by atoms with Crippen molar-refractivity contribution >= 4 is 43.6 Å². The van der Waals surface area contributed by atoms with E-state index in [4.69, 9.17) is 0 Å². The van der Waals surface area contributed by atoms with Crippen molar-refractivity contribution in [2.24, 2.45) is 0 Å². The van der Waals surface area contributed by atoms with Gasteiger partial charge in [-0.15, -0.1) is 0 Å². The lowest BCUT2D eigenvalue weighted by Crippen LogP contribution is -1.96. The molecule has 0 saturated heterocycles. The number of nitrogens with zero attached hydrogens (tertiary/aromatic N) is 2. The first-order valence-electron chi connectivity index (χ1n) is 11.4. The van der Waals surface area contributed by atoms with Gasteiger partial charge in [-0.2, -0.15) is 0 Å². The third kappa shape index (κ3) is 2.55. The van der Waals surface area contributed by atoms with Crippen molar-refractivity contribution in [1.82, 2.24) is 9.13 Å². The van der Waals surface area contributed by atoms with Gasteiger partial charge in [0.1, 0.15) is 0 Å². The normalized spacial score (nSPS) is 11.8. The summed E-state index contributed by atoms with van der Waals surface area (Å²) in [4.78, 5) is 0. The fourth-order valence-corrected chi connectivity index (χ4v) is 5.39. The Morgan fingerprint density at radius 2 is 1.09 bits per heavy atom. The molecular weight excluding hydrogens is 400 g/mol. The van der Waals surface area contributed by atoms with Crippen molar-refractivity contribution in [3.63, 3.8) is 0 Å². The van der Waals surface area contributed by atoms with Crippen LogP contribution in [0.4, 0.5) is 0 Å². The molecule has 2 aromatic heterocycles.